The van der Waals surface area contributed by atoms with E-state index in [0.29, 0.717) is 0 Å². The Morgan fingerprint density at radius 3 is 1.90 bits per heavy atom. The average Bonchev–Trinajstić information content (AvgIpc) is 3.12. The Balaban J connectivity index is 1.71. The van der Waals surface area contributed by atoms with Crippen molar-refractivity contribution in [1.29, 1.82) is 0 Å². The molecule has 0 saturated carbocycles. The summed E-state index contributed by atoms with van der Waals surface area (Å²) in [5.74, 6) is 0.477. The minimum absolute atomic E-state index is 0.239. The third kappa shape index (κ3) is 3.44. The van der Waals surface area contributed by atoms with E-state index >= 15 is 0 Å². The molecule has 0 aliphatic heterocycles. The van der Waals surface area contributed by atoms with Gasteiger partial charge in [-0.3, -0.25) is 0 Å². The molecular formula is C28H23NO2. The monoisotopic (exact) mass is 405 g/mol. The molecule has 1 heterocycles. The van der Waals surface area contributed by atoms with E-state index in [2.05, 4.69) is 60.0 Å². The second-order valence-electron chi connectivity index (χ2n) is 7.69. The smallest absolute Gasteiger partial charge is 0.115 e. The molecule has 0 spiro atoms. The maximum Gasteiger partial charge on any atom is 0.115 e. The summed E-state index contributed by atoms with van der Waals surface area (Å²) >= 11 is 0. The molecule has 4 aromatic carbocycles. The Labute approximate surface area is 181 Å². The van der Waals surface area contributed by atoms with Gasteiger partial charge in [0.25, 0.3) is 0 Å². The fourth-order valence-corrected chi connectivity index (χ4v) is 4.28. The van der Waals surface area contributed by atoms with Gasteiger partial charge >= 0.3 is 0 Å². The van der Waals surface area contributed by atoms with Crippen molar-refractivity contribution >= 4 is 33.5 Å². The zero-order valence-corrected chi connectivity index (χ0v) is 17.3. The third-order valence-corrected chi connectivity index (χ3v) is 5.78. The lowest BCUT2D eigenvalue weighted by Gasteiger charge is -2.10. The quantitative estimate of drug-likeness (QED) is 0.322. The summed E-state index contributed by atoms with van der Waals surface area (Å²) < 4.78 is 2.35. The number of rotatable bonds is 4. The van der Waals surface area contributed by atoms with Crippen molar-refractivity contribution in [3.8, 4) is 11.5 Å². The molecule has 5 aromatic rings. The average molecular weight is 405 g/mol. The largest absolute Gasteiger partial charge is 0.508 e. The third-order valence-electron chi connectivity index (χ3n) is 5.78. The van der Waals surface area contributed by atoms with Gasteiger partial charge in [-0.1, -0.05) is 48.5 Å². The van der Waals surface area contributed by atoms with Crippen molar-refractivity contribution in [2.75, 3.05) is 0 Å². The van der Waals surface area contributed by atoms with Crippen LogP contribution in [0.2, 0.25) is 0 Å². The standard InChI is InChI=1S/C28H23NO2/c1-2-29-27-6-4-3-5-24(27)26-18-19(7-16-28(26)29)17-25(20-8-12-22(30)13-9-20)21-10-14-23(31)15-11-21/h3-18,30-31H,2H2,1H3. The molecule has 0 amide bonds. The Bertz CT molecular complexity index is 1360. The zero-order valence-electron chi connectivity index (χ0n) is 17.3. The van der Waals surface area contributed by atoms with Gasteiger partial charge in [-0.05, 0) is 77.7 Å². The van der Waals surface area contributed by atoms with Crippen molar-refractivity contribution < 1.29 is 10.2 Å². The number of aromatic hydroxyl groups is 2. The number of aryl methyl sites for hydroxylation is 1. The molecule has 31 heavy (non-hydrogen) atoms. The Morgan fingerprint density at radius 2 is 1.29 bits per heavy atom. The van der Waals surface area contributed by atoms with Gasteiger partial charge in [-0.15, -0.1) is 0 Å². The first kappa shape index (κ1) is 19.0. The van der Waals surface area contributed by atoms with Crippen LogP contribution >= 0.6 is 0 Å². The summed E-state index contributed by atoms with van der Waals surface area (Å²) in [5.41, 5.74) is 6.61. The van der Waals surface area contributed by atoms with Crippen molar-refractivity contribution in [2.45, 2.75) is 13.5 Å². The van der Waals surface area contributed by atoms with Crippen LogP contribution in [0.25, 0.3) is 33.5 Å². The summed E-state index contributed by atoms with van der Waals surface area (Å²) in [4.78, 5) is 0. The maximum absolute atomic E-state index is 9.72. The highest BCUT2D eigenvalue weighted by molar-refractivity contribution is 6.09. The van der Waals surface area contributed by atoms with Crippen LogP contribution in [0.15, 0.2) is 91.0 Å². The maximum atomic E-state index is 9.72. The zero-order chi connectivity index (χ0) is 21.4. The summed E-state index contributed by atoms with van der Waals surface area (Å²) in [7, 11) is 0. The fourth-order valence-electron chi connectivity index (χ4n) is 4.28. The minimum atomic E-state index is 0.239. The number of aromatic nitrogens is 1. The lowest BCUT2D eigenvalue weighted by molar-refractivity contribution is 0.475. The van der Waals surface area contributed by atoms with Gasteiger partial charge in [0.05, 0.1) is 0 Å². The number of nitrogens with zero attached hydrogens (tertiary/aromatic N) is 1. The van der Waals surface area contributed by atoms with Crippen molar-refractivity contribution in [3.63, 3.8) is 0 Å². The molecule has 0 fully saturated rings. The molecule has 0 aliphatic carbocycles. The molecule has 1 aromatic heterocycles. The van der Waals surface area contributed by atoms with Gasteiger partial charge in [-0.2, -0.15) is 0 Å². The number of fused-ring (bicyclic) bond motifs is 3. The summed E-state index contributed by atoms with van der Waals surface area (Å²) in [5, 5.41) is 21.9. The second-order valence-corrected chi connectivity index (χ2v) is 7.69. The predicted octanol–water partition coefficient (Wildman–Crippen LogP) is 6.81. The van der Waals surface area contributed by atoms with E-state index in [9.17, 15) is 10.2 Å². The highest BCUT2D eigenvalue weighted by Gasteiger charge is 2.11. The lowest BCUT2D eigenvalue weighted by Crippen LogP contribution is -1.92. The molecule has 0 atom stereocenters. The van der Waals surface area contributed by atoms with Crippen LogP contribution < -0.4 is 0 Å². The van der Waals surface area contributed by atoms with E-state index in [1.807, 2.05) is 24.3 Å². The van der Waals surface area contributed by atoms with Crippen LogP contribution in [-0.4, -0.2) is 14.8 Å². The van der Waals surface area contributed by atoms with Gasteiger partial charge in [0, 0.05) is 28.4 Å². The number of hydrogen-bond acceptors (Lipinski definition) is 2. The molecule has 3 nitrogen and oxygen atoms in total. The fraction of sp³-hybridized carbons (Fsp3) is 0.0714. The van der Waals surface area contributed by atoms with Crippen LogP contribution in [0.5, 0.6) is 11.5 Å². The summed E-state index contributed by atoms with van der Waals surface area (Å²) in [6, 6.07) is 29.5. The first-order valence-corrected chi connectivity index (χ1v) is 10.5. The van der Waals surface area contributed by atoms with Gasteiger partial charge in [0.2, 0.25) is 0 Å². The molecule has 0 bridgehead atoms. The number of phenols is 2. The van der Waals surface area contributed by atoms with E-state index in [4.69, 9.17) is 0 Å². The lowest BCUT2D eigenvalue weighted by atomic mass is 9.95. The molecule has 0 unspecified atom stereocenters. The van der Waals surface area contributed by atoms with Crippen molar-refractivity contribution in [1.82, 2.24) is 4.57 Å². The first-order valence-electron chi connectivity index (χ1n) is 10.5. The molecule has 152 valence electrons. The van der Waals surface area contributed by atoms with Crippen molar-refractivity contribution in [2.24, 2.45) is 0 Å². The predicted molar refractivity (Wildman–Crippen MR) is 128 cm³/mol. The minimum Gasteiger partial charge on any atom is -0.508 e. The highest BCUT2D eigenvalue weighted by atomic mass is 16.3. The van der Waals surface area contributed by atoms with E-state index in [-0.39, 0.29) is 11.5 Å². The molecule has 0 radical (unpaired) electrons. The van der Waals surface area contributed by atoms with Crippen LogP contribution in [0.3, 0.4) is 0 Å². The molecule has 2 N–H and O–H groups in total. The summed E-state index contributed by atoms with van der Waals surface area (Å²) in [6.07, 6.45) is 2.16. The molecule has 5 rings (SSSR count). The molecule has 0 saturated heterocycles. The number of para-hydroxylation sites is 1. The molecular weight excluding hydrogens is 382 g/mol. The van der Waals surface area contributed by atoms with E-state index < -0.39 is 0 Å². The second kappa shape index (κ2) is 7.69. The van der Waals surface area contributed by atoms with Gasteiger partial charge in [0.15, 0.2) is 0 Å². The van der Waals surface area contributed by atoms with E-state index in [1.54, 1.807) is 24.3 Å². The summed E-state index contributed by atoms with van der Waals surface area (Å²) in [6.45, 7) is 3.10. The van der Waals surface area contributed by atoms with Crippen LogP contribution in [0.4, 0.5) is 0 Å². The molecule has 0 aliphatic rings. The first-order chi connectivity index (χ1) is 15.1. The highest BCUT2D eigenvalue weighted by Crippen LogP contribution is 2.33. The van der Waals surface area contributed by atoms with Crippen molar-refractivity contribution in [3.05, 3.63) is 108 Å². The molecule has 3 heteroatoms. The Kier molecular flexibility index (Phi) is 4.72. The number of benzene rings is 4. The number of hydrogen-bond donors (Lipinski definition) is 2. The van der Waals surface area contributed by atoms with Crippen LogP contribution in [0.1, 0.15) is 23.6 Å². The van der Waals surface area contributed by atoms with Gasteiger partial charge < -0.3 is 14.8 Å². The SMILES string of the molecule is CCn1c2ccccc2c2cc(C=C(c3ccc(O)cc3)c3ccc(O)cc3)ccc21. The Morgan fingerprint density at radius 1 is 0.710 bits per heavy atom. The van der Waals surface area contributed by atoms with Crippen LogP contribution in [-0.2, 0) is 6.54 Å². The topological polar surface area (TPSA) is 45.4 Å². The number of phenolic OH excluding ortho intramolecular Hbond substituents is 2. The van der Waals surface area contributed by atoms with E-state index in [0.717, 1.165) is 28.8 Å². The van der Waals surface area contributed by atoms with Gasteiger partial charge in [0.1, 0.15) is 11.5 Å². The van der Waals surface area contributed by atoms with Crippen LogP contribution in [0, 0.1) is 0 Å². The normalized spacial score (nSPS) is 11.1. The van der Waals surface area contributed by atoms with E-state index in [1.165, 1.54) is 21.8 Å². The van der Waals surface area contributed by atoms with Gasteiger partial charge in [-0.25, -0.2) is 0 Å². The Hall–Kier alpha value is -3.98.